The minimum absolute atomic E-state index is 0.762. The second-order valence-corrected chi connectivity index (χ2v) is 6.38. The van der Waals surface area contributed by atoms with Crippen molar-refractivity contribution in [3.05, 3.63) is 0 Å². The summed E-state index contributed by atoms with van der Waals surface area (Å²) < 4.78 is 0. The predicted molar refractivity (Wildman–Crippen MR) is 87.8 cm³/mol. The molecule has 0 saturated heterocycles. The van der Waals surface area contributed by atoms with Gasteiger partial charge in [-0.25, -0.2) is 0 Å². The van der Waals surface area contributed by atoms with Gasteiger partial charge < -0.3 is 10.2 Å². The number of hydrogen-bond acceptors (Lipinski definition) is 2. The number of rotatable bonds is 14. The lowest BCUT2D eigenvalue weighted by molar-refractivity contribution is 0.319. The molecular weight excluding hydrogens is 232 g/mol. The Hall–Kier alpha value is -0.0800. The highest BCUT2D eigenvalue weighted by Gasteiger charge is 1.99. The summed E-state index contributed by atoms with van der Waals surface area (Å²) in [5, 5.41) is 3.50. The standard InChI is InChI=1S/C17H38N2/c1-5-6-7-8-9-10-11-12-14-19(4)15-13-18-16-17(2)3/h17-18H,5-16H2,1-4H3. The molecule has 0 aromatic rings. The summed E-state index contributed by atoms with van der Waals surface area (Å²) in [5.41, 5.74) is 0. The summed E-state index contributed by atoms with van der Waals surface area (Å²) in [4.78, 5) is 2.46. The van der Waals surface area contributed by atoms with Crippen LogP contribution in [0.1, 0.15) is 72.1 Å². The van der Waals surface area contributed by atoms with E-state index < -0.39 is 0 Å². The van der Waals surface area contributed by atoms with E-state index in [1.165, 1.54) is 64.5 Å². The highest BCUT2D eigenvalue weighted by molar-refractivity contribution is 4.57. The van der Waals surface area contributed by atoms with Gasteiger partial charge in [-0.2, -0.15) is 0 Å². The van der Waals surface area contributed by atoms with Crippen LogP contribution in [0.3, 0.4) is 0 Å². The second kappa shape index (κ2) is 14.3. The van der Waals surface area contributed by atoms with Gasteiger partial charge in [-0.15, -0.1) is 0 Å². The maximum atomic E-state index is 3.50. The molecule has 2 heteroatoms. The van der Waals surface area contributed by atoms with Crippen molar-refractivity contribution in [2.24, 2.45) is 5.92 Å². The number of unbranched alkanes of at least 4 members (excludes halogenated alkanes) is 7. The average Bonchev–Trinajstić information content (AvgIpc) is 2.37. The first-order valence-electron chi connectivity index (χ1n) is 8.56. The minimum Gasteiger partial charge on any atom is -0.315 e. The minimum atomic E-state index is 0.762. The van der Waals surface area contributed by atoms with Crippen LogP contribution in [0.4, 0.5) is 0 Å². The van der Waals surface area contributed by atoms with E-state index in [0.29, 0.717) is 0 Å². The number of likely N-dealkylation sites (N-methyl/N-ethyl adjacent to an activating group) is 1. The molecule has 0 aromatic heterocycles. The maximum Gasteiger partial charge on any atom is 0.0104 e. The van der Waals surface area contributed by atoms with Gasteiger partial charge in [0.15, 0.2) is 0 Å². The summed E-state index contributed by atoms with van der Waals surface area (Å²) in [6.07, 6.45) is 11.3. The molecule has 116 valence electrons. The molecule has 1 N–H and O–H groups in total. The van der Waals surface area contributed by atoms with Crippen LogP contribution in [0.5, 0.6) is 0 Å². The number of nitrogens with one attached hydrogen (secondary N) is 1. The molecule has 0 rings (SSSR count). The topological polar surface area (TPSA) is 15.3 Å². The normalized spacial score (nSPS) is 11.7. The SMILES string of the molecule is CCCCCCCCCCN(C)CCNCC(C)C. The molecule has 0 saturated carbocycles. The van der Waals surface area contributed by atoms with Crippen LogP contribution in [-0.4, -0.2) is 38.1 Å². The number of nitrogens with zero attached hydrogens (tertiary/aromatic N) is 1. The summed E-state index contributed by atoms with van der Waals surface area (Å²) in [6, 6.07) is 0. The average molecular weight is 271 g/mol. The highest BCUT2D eigenvalue weighted by atomic mass is 15.1. The molecule has 2 nitrogen and oxygen atoms in total. The molecule has 0 spiro atoms. The zero-order valence-corrected chi connectivity index (χ0v) is 14.0. The first-order valence-corrected chi connectivity index (χ1v) is 8.56. The van der Waals surface area contributed by atoms with Crippen LogP contribution in [0.2, 0.25) is 0 Å². The molecule has 0 amide bonds. The van der Waals surface area contributed by atoms with Gasteiger partial charge in [0.1, 0.15) is 0 Å². The molecule has 0 radical (unpaired) electrons. The molecule has 0 aliphatic carbocycles. The van der Waals surface area contributed by atoms with E-state index in [0.717, 1.165) is 19.0 Å². The van der Waals surface area contributed by atoms with Crippen molar-refractivity contribution in [1.82, 2.24) is 10.2 Å². The first-order chi connectivity index (χ1) is 9.16. The quantitative estimate of drug-likeness (QED) is 0.473. The fourth-order valence-electron chi connectivity index (χ4n) is 2.29. The monoisotopic (exact) mass is 270 g/mol. The molecule has 0 atom stereocenters. The first kappa shape index (κ1) is 18.9. The van der Waals surface area contributed by atoms with Gasteiger partial charge in [0.05, 0.1) is 0 Å². The lowest BCUT2D eigenvalue weighted by atomic mass is 10.1. The van der Waals surface area contributed by atoms with Crippen molar-refractivity contribution in [3.8, 4) is 0 Å². The van der Waals surface area contributed by atoms with Gasteiger partial charge in [0.2, 0.25) is 0 Å². The van der Waals surface area contributed by atoms with Gasteiger partial charge in [0.25, 0.3) is 0 Å². The molecule has 0 bridgehead atoms. The van der Waals surface area contributed by atoms with Crippen molar-refractivity contribution in [2.75, 3.05) is 33.2 Å². The van der Waals surface area contributed by atoms with E-state index in [-0.39, 0.29) is 0 Å². The van der Waals surface area contributed by atoms with Crippen LogP contribution in [0.25, 0.3) is 0 Å². The van der Waals surface area contributed by atoms with Crippen LogP contribution in [0.15, 0.2) is 0 Å². The Morgan fingerprint density at radius 2 is 1.42 bits per heavy atom. The van der Waals surface area contributed by atoms with Crippen molar-refractivity contribution < 1.29 is 0 Å². The van der Waals surface area contributed by atoms with E-state index in [2.05, 4.69) is 38.0 Å². The molecule has 0 heterocycles. The Kier molecular flexibility index (Phi) is 14.3. The Bertz CT molecular complexity index is 169. The maximum absolute atomic E-state index is 3.50. The summed E-state index contributed by atoms with van der Waals surface area (Å²) >= 11 is 0. The molecular formula is C17H38N2. The number of hydrogen-bond donors (Lipinski definition) is 1. The highest BCUT2D eigenvalue weighted by Crippen LogP contribution is 2.08. The fraction of sp³-hybridized carbons (Fsp3) is 1.00. The molecule has 0 unspecified atom stereocenters. The second-order valence-electron chi connectivity index (χ2n) is 6.38. The lowest BCUT2D eigenvalue weighted by Gasteiger charge is -2.17. The third kappa shape index (κ3) is 15.9. The largest absolute Gasteiger partial charge is 0.315 e. The van der Waals surface area contributed by atoms with Gasteiger partial charge in [0, 0.05) is 13.1 Å². The smallest absolute Gasteiger partial charge is 0.0104 e. The molecule has 0 aliphatic rings. The molecule has 0 fully saturated rings. The zero-order valence-electron chi connectivity index (χ0n) is 14.0. The third-order valence-electron chi connectivity index (χ3n) is 3.62. The summed E-state index contributed by atoms with van der Waals surface area (Å²) in [6.45, 7) is 11.5. The van der Waals surface area contributed by atoms with Crippen molar-refractivity contribution in [2.45, 2.75) is 72.1 Å². The van der Waals surface area contributed by atoms with E-state index in [9.17, 15) is 0 Å². The van der Waals surface area contributed by atoms with Crippen molar-refractivity contribution in [3.63, 3.8) is 0 Å². The Balaban J connectivity index is 3.13. The van der Waals surface area contributed by atoms with E-state index >= 15 is 0 Å². The van der Waals surface area contributed by atoms with E-state index in [4.69, 9.17) is 0 Å². The van der Waals surface area contributed by atoms with Crippen LogP contribution in [0, 0.1) is 5.92 Å². The Morgan fingerprint density at radius 1 is 0.842 bits per heavy atom. The summed E-state index contributed by atoms with van der Waals surface area (Å²) in [5.74, 6) is 0.762. The molecule has 19 heavy (non-hydrogen) atoms. The lowest BCUT2D eigenvalue weighted by Crippen LogP contribution is -2.31. The summed E-state index contributed by atoms with van der Waals surface area (Å²) in [7, 11) is 2.25. The molecule has 0 aliphatic heterocycles. The van der Waals surface area contributed by atoms with Gasteiger partial charge in [-0.1, -0.05) is 65.7 Å². The van der Waals surface area contributed by atoms with Gasteiger partial charge in [-0.3, -0.25) is 0 Å². The molecule has 0 aromatic carbocycles. The van der Waals surface area contributed by atoms with Gasteiger partial charge >= 0.3 is 0 Å². The Morgan fingerprint density at radius 3 is 2.00 bits per heavy atom. The third-order valence-corrected chi connectivity index (χ3v) is 3.62. The van der Waals surface area contributed by atoms with Crippen LogP contribution in [-0.2, 0) is 0 Å². The Labute approximate surface area is 122 Å². The predicted octanol–water partition coefficient (Wildman–Crippen LogP) is 4.30. The van der Waals surface area contributed by atoms with E-state index in [1.54, 1.807) is 0 Å². The van der Waals surface area contributed by atoms with Crippen LogP contribution < -0.4 is 5.32 Å². The zero-order chi connectivity index (χ0) is 14.3. The van der Waals surface area contributed by atoms with Crippen molar-refractivity contribution in [1.29, 1.82) is 0 Å². The van der Waals surface area contributed by atoms with E-state index in [1.807, 2.05) is 0 Å². The van der Waals surface area contributed by atoms with Crippen molar-refractivity contribution >= 4 is 0 Å². The fourth-order valence-corrected chi connectivity index (χ4v) is 2.29. The van der Waals surface area contributed by atoms with Crippen LogP contribution >= 0.6 is 0 Å². The van der Waals surface area contributed by atoms with Gasteiger partial charge in [-0.05, 0) is 32.5 Å².